The number of amides is 1. The summed E-state index contributed by atoms with van der Waals surface area (Å²) >= 11 is 0. The van der Waals surface area contributed by atoms with Crippen LogP contribution in [0.5, 0.6) is 0 Å². The highest BCUT2D eigenvalue weighted by Gasteiger charge is 2.13. The molecule has 0 spiro atoms. The minimum Gasteiger partial charge on any atom is -0.322 e. The molecule has 126 valence electrons. The average molecular weight is 330 g/mol. The Morgan fingerprint density at radius 1 is 0.880 bits per heavy atom. The number of aromatic nitrogens is 1. The molecule has 3 aromatic rings. The van der Waals surface area contributed by atoms with Gasteiger partial charge in [0.1, 0.15) is 0 Å². The van der Waals surface area contributed by atoms with Gasteiger partial charge >= 0.3 is 0 Å². The summed E-state index contributed by atoms with van der Waals surface area (Å²) < 4.78 is 0. The number of carbonyl (C=O) groups excluding carboxylic acids is 1. The summed E-state index contributed by atoms with van der Waals surface area (Å²) in [6, 6.07) is 21.5. The molecule has 3 rings (SSSR count). The van der Waals surface area contributed by atoms with E-state index in [4.69, 9.17) is 0 Å². The van der Waals surface area contributed by atoms with Gasteiger partial charge in [-0.05, 0) is 35.2 Å². The predicted molar refractivity (Wildman–Crippen MR) is 103 cm³/mol. The second-order valence-electron chi connectivity index (χ2n) is 7.08. The van der Waals surface area contributed by atoms with Crippen molar-refractivity contribution in [3.8, 4) is 11.3 Å². The van der Waals surface area contributed by atoms with Crippen LogP contribution in [0.25, 0.3) is 11.3 Å². The standard InChI is InChI=1S/C22H22N2O/c1-22(2,3)18-10-12-19(13-11-18)24-21(25)17-9-14-20(23-15-17)16-7-5-4-6-8-16/h4-15H,1-3H3,(H,24,25). The van der Waals surface area contributed by atoms with E-state index in [0.717, 1.165) is 16.9 Å². The molecule has 2 aromatic carbocycles. The third-order valence-corrected chi connectivity index (χ3v) is 4.10. The first-order valence-electron chi connectivity index (χ1n) is 8.37. The summed E-state index contributed by atoms with van der Waals surface area (Å²) in [5, 5.41) is 2.92. The fourth-order valence-corrected chi connectivity index (χ4v) is 2.56. The number of nitrogens with one attached hydrogen (secondary N) is 1. The Balaban J connectivity index is 1.71. The summed E-state index contributed by atoms with van der Waals surface area (Å²) in [7, 11) is 0. The van der Waals surface area contributed by atoms with Crippen LogP contribution in [-0.4, -0.2) is 10.9 Å². The molecule has 0 fully saturated rings. The van der Waals surface area contributed by atoms with Crippen molar-refractivity contribution in [3.05, 3.63) is 84.1 Å². The van der Waals surface area contributed by atoms with Crippen LogP contribution in [0, 0.1) is 0 Å². The van der Waals surface area contributed by atoms with Crippen molar-refractivity contribution in [3.63, 3.8) is 0 Å². The average Bonchev–Trinajstić information content (AvgIpc) is 2.62. The predicted octanol–water partition coefficient (Wildman–Crippen LogP) is 5.30. The lowest BCUT2D eigenvalue weighted by Gasteiger charge is -2.19. The molecule has 0 saturated carbocycles. The van der Waals surface area contributed by atoms with Crippen molar-refractivity contribution in [2.24, 2.45) is 0 Å². The van der Waals surface area contributed by atoms with Crippen LogP contribution >= 0.6 is 0 Å². The van der Waals surface area contributed by atoms with Crippen molar-refractivity contribution in [1.82, 2.24) is 4.98 Å². The van der Waals surface area contributed by atoms with Gasteiger partial charge in [0.05, 0.1) is 11.3 Å². The van der Waals surface area contributed by atoms with Crippen LogP contribution in [0.2, 0.25) is 0 Å². The fraction of sp³-hybridized carbons (Fsp3) is 0.182. The number of anilines is 1. The molecule has 25 heavy (non-hydrogen) atoms. The molecule has 1 amide bonds. The normalized spacial score (nSPS) is 11.2. The maximum atomic E-state index is 12.4. The van der Waals surface area contributed by atoms with Crippen LogP contribution in [0.3, 0.4) is 0 Å². The van der Waals surface area contributed by atoms with E-state index >= 15 is 0 Å². The molecule has 0 aliphatic carbocycles. The molecule has 3 heteroatoms. The van der Waals surface area contributed by atoms with Crippen LogP contribution in [0.4, 0.5) is 5.69 Å². The first-order chi connectivity index (χ1) is 11.9. The van der Waals surface area contributed by atoms with Gasteiger partial charge in [0.2, 0.25) is 0 Å². The molecule has 3 nitrogen and oxygen atoms in total. The number of pyridine rings is 1. The molecular formula is C22H22N2O. The summed E-state index contributed by atoms with van der Waals surface area (Å²) in [4.78, 5) is 16.8. The number of benzene rings is 2. The molecule has 0 bridgehead atoms. The third kappa shape index (κ3) is 4.13. The van der Waals surface area contributed by atoms with Gasteiger partial charge in [0, 0.05) is 17.4 Å². The van der Waals surface area contributed by atoms with Crippen molar-refractivity contribution < 1.29 is 4.79 Å². The lowest BCUT2D eigenvalue weighted by atomic mass is 9.87. The van der Waals surface area contributed by atoms with Gasteiger partial charge in [-0.3, -0.25) is 9.78 Å². The van der Waals surface area contributed by atoms with Gasteiger partial charge in [-0.2, -0.15) is 0 Å². The van der Waals surface area contributed by atoms with Gasteiger partial charge in [0.25, 0.3) is 5.91 Å². The van der Waals surface area contributed by atoms with Crippen molar-refractivity contribution >= 4 is 11.6 Å². The van der Waals surface area contributed by atoms with E-state index in [1.165, 1.54) is 5.56 Å². The van der Waals surface area contributed by atoms with Gasteiger partial charge in [0.15, 0.2) is 0 Å². The van der Waals surface area contributed by atoms with Gasteiger partial charge in [-0.25, -0.2) is 0 Å². The summed E-state index contributed by atoms with van der Waals surface area (Å²) in [6.07, 6.45) is 1.61. The van der Waals surface area contributed by atoms with Gasteiger partial charge in [-0.1, -0.05) is 63.2 Å². The third-order valence-electron chi connectivity index (χ3n) is 4.10. The van der Waals surface area contributed by atoms with E-state index in [9.17, 15) is 4.79 Å². The molecule has 0 atom stereocenters. The number of carbonyl (C=O) groups is 1. The Morgan fingerprint density at radius 2 is 1.56 bits per heavy atom. The molecule has 1 heterocycles. The zero-order valence-electron chi connectivity index (χ0n) is 14.8. The highest BCUT2D eigenvalue weighted by molar-refractivity contribution is 6.04. The topological polar surface area (TPSA) is 42.0 Å². The minimum absolute atomic E-state index is 0.0970. The van der Waals surface area contributed by atoms with Crippen molar-refractivity contribution in [2.75, 3.05) is 5.32 Å². The Labute approximate surface area is 148 Å². The summed E-state index contributed by atoms with van der Waals surface area (Å²) in [5.74, 6) is -0.157. The second-order valence-corrected chi connectivity index (χ2v) is 7.08. The fourth-order valence-electron chi connectivity index (χ4n) is 2.56. The molecule has 1 N–H and O–H groups in total. The molecular weight excluding hydrogens is 308 g/mol. The number of hydrogen-bond acceptors (Lipinski definition) is 2. The minimum atomic E-state index is -0.157. The SMILES string of the molecule is CC(C)(C)c1ccc(NC(=O)c2ccc(-c3ccccc3)nc2)cc1. The van der Waals surface area contributed by atoms with E-state index in [2.05, 4.69) is 31.1 Å². The Morgan fingerprint density at radius 3 is 2.12 bits per heavy atom. The highest BCUT2D eigenvalue weighted by Crippen LogP contribution is 2.23. The Kier molecular flexibility index (Phi) is 4.66. The van der Waals surface area contributed by atoms with Crippen LogP contribution in [-0.2, 0) is 5.41 Å². The summed E-state index contributed by atoms with van der Waals surface area (Å²) in [5.41, 5.74) is 4.54. The van der Waals surface area contributed by atoms with Crippen LogP contribution in [0.1, 0.15) is 36.7 Å². The number of rotatable bonds is 3. The van der Waals surface area contributed by atoms with Crippen LogP contribution in [0.15, 0.2) is 72.9 Å². The first kappa shape index (κ1) is 16.9. The quantitative estimate of drug-likeness (QED) is 0.708. The maximum Gasteiger partial charge on any atom is 0.257 e. The molecule has 0 saturated heterocycles. The van der Waals surface area contributed by atoms with E-state index in [1.54, 1.807) is 12.3 Å². The first-order valence-corrected chi connectivity index (χ1v) is 8.37. The molecule has 1 aromatic heterocycles. The lowest BCUT2D eigenvalue weighted by Crippen LogP contribution is -2.13. The van der Waals surface area contributed by atoms with Crippen molar-refractivity contribution in [2.45, 2.75) is 26.2 Å². The largest absolute Gasteiger partial charge is 0.322 e. The number of nitrogens with zero attached hydrogens (tertiary/aromatic N) is 1. The zero-order chi connectivity index (χ0) is 17.9. The lowest BCUT2D eigenvalue weighted by molar-refractivity contribution is 0.102. The van der Waals surface area contributed by atoms with Crippen molar-refractivity contribution in [1.29, 1.82) is 0 Å². The number of hydrogen-bond donors (Lipinski definition) is 1. The maximum absolute atomic E-state index is 12.4. The van der Waals surface area contributed by atoms with Gasteiger partial charge in [-0.15, -0.1) is 0 Å². The zero-order valence-corrected chi connectivity index (χ0v) is 14.8. The van der Waals surface area contributed by atoms with Gasteiger partial charge < -0.3 is 5.32 Å². The smallest absolute Gasteiger partial charge is 0.257 e. The summed E-state index contributed by atoms with van der Waals surface area (Å²) in [6.45, 7) is 6.50. The van der Waals surface area contributed by atoms with E-state index in [-0.39, 0.29) is 11.3 Å². The molecule has 0 unspecified atom stereocenters. The molecule has 0 aliphatic rings. The Hall–Kier alpha value is -2.94. The monoisotopic (exact) mass is 330 g/mol. The van der Waals surface area contributed by atoms with Crippen LogP contribution < -0.4 is 5.32 Å². The molecule has 0 radical (unpaired) electrons. The Bertz CT molecular complexity index is 845. The molecule has 0 aliphatic heterocycles. The highest BCUT2D eigenvalue weighted by atomic mass is 16.1. The van der Waals surface area contributed by atoms with E-state index < -0.39 is 0 Å². The van der Waals surface area contributed by atoms with E-state index in [0.29, 0.717) is 5.56 Å². The second kappa shape index (κ2) is 6.89. The van der Waals surface area contributed by atoms with E-state index in [1.807, 2.05) is 60.7 Å².